The van der Waals surface area contributed by atoms with Crippen LogP contribution in [-0.2, 0) is 4.79 Å². The number of aryl methyl sites for hydroxylation is 1. The van der Waals surface area contributed by atoms with Gasteiger partial charge in [-0.3, -0.25) is 9.88 Å². The van der Waals surface area contributed by atoms with Crippen molar-refractivity contribution in [3.63, 3.8) is 0 Å². The van der Waals surface area contributed by atoms with Crippen LogP contribution >= 0.6 is 0 Å². The standard InChI is InChI=1S/C35H46N8O3/c1-26-11-14-30-29(9-5-17-37-30)13-12-28(26)8-3-4-19-42(22-23-46-32-10-6-16-36-27(32)2)21-15-31(35(44)45)41-33-24-34(39-25-38-33)43-20-7-18-40-43/h6-7,10,12-13,16,18,20,24-25,31,37H,3-5,8-9,11,14-15,17,19,21-23H2,1-2H3,(H,44,45)(H,38,39,41)/b13-12-,28-26+/t31-/m0/s1. The van der Waals surface area contributed by atoms with Crippen LogP contribution in [0.1, 0.15) is 64.0 Å². The number of carbonyl (C=O) groups is 1. The van der Waals surface area contributed by atoms with Crippen molar-refractivity contribution in [2.75, 3.05) is 38.1 Å². The van der Waals surface area contributed by atoms with Gasteiger partial charge in [-0.05, 0) is 101 Å². The van der Waals surface area contributed by atoms with E-state index in [2.05, 4.69) is 54.7 Å². The number of allylic oxidation sites excluding steroid dienone is 6. The van der Waals surface area contributed by atoms with Crippen LogP contribution < -0.4 is 15.4 Å². The molecule has 3 N–H and O–H groups in total. The van der Waals surface area contributed by atoms with E-state index in [1.807, 2.05) is 19.1 Å². The van der Waals surface area contributed by atoms with Crippen molar-refractivity contribution in [3.05, 3.63) is 89.4 Å². The predicted octanol–water partition coefficient (Wildman–Crippen LogP) is 5.48. The number of anilines is 1. The molecule has 2 aliphatic rings. The molecule has 0 saturated heterocycles. The third-order valence-corrected chi connectivity index (χ3v) is 8.67. The lowest BCUT2D eigenvalue weighted by Gasteiger charge is -2.25. The fraction of sp³-hybridized carbons (Fsp3) is 0.457. The van der Waals surface area contributed by atoms with E-state index >= 15 is 0 Å². The Labute approximate surface area is 271 Å². The minimum absolute atomic E-state index is 0.404. The van der Waals surface area contributed by atoms with Gasteiger partial charge in [0.15, 0.2) is 5.82 Å². The number of hydrogen-bond acceptors (Lipinski definition) is 9. The van der Waals surface area contributed by atoms with Crippen LogP contribution in [0.2, 0.25) is 0 Å². The van der Waals surface area contributed by atoms with E-state index in [-0.39, 0.29) is 0 Å². The minimum atomic E-state index is -0.925. The molecule has 244 valence electrons. The van der Waals surface area contributed by atoms with Crippen LogP contribution in [0.5, 0.6) is 5.75 Å². The van der Waals surface area contributed by atoms with Gasteiger partial charge in [0.25, 0.3) is 0 Å². The summed E-state index contributed by atoms with van der Waals surface area (Å²) in [4.78, 5) is 27.4. The molecule has 0 unspecified atom stereocenters. The van der Waals surface area contributed by atoms with Gasteiger partial charge in [-0.2, -0.15) is 5.10 Å². The quantitative estimate of drug-likeness (QED) is 0.176. The Balaban J connectivity index is 1.18. The molecule has 0 fully saturated rings. The first-order valence-electron chi connectivity index (χ1n) is 16.4. The summed E-state index contributed by atoms with van der Waals surface area (Å²) in [6.07, 6.45) is 19.4. The first kappa shape index (κ1) is 32.9. The highest BCUT2D eigenvalue weighted by Gasteiger charge is 2.20. The maximum Gasteiger partial charge on any atom is 0.326 e. The lowest BCUT2D eigenvalue weighted by molar-refractivity contribution is -0.138. The molecule has 1 aliphatic heterocycles. The summed E-state index contributed by atoms with van der Waals surface area (Å²) in [6.45, 7) is 7.92. The summed E-state index contributed by atoms with van der Waals surface area (Å²) in [7, 11) is 0. The van der Waals surface area contributed by atoms with Crippen molar-refractivity contribution >= 4 is 11.8 Å². The van der Waals surface area contributed by atoms with Gasteiger partial charge in [-0.25, -0.2) is 19.4 Å². The van der Waals surface area contributed by atoms with Crippen LogP contribution in [0.3, 0.4) is 0 Å². The Morgan fingerprint density at radius 3 is 2.83 bits per heavy atom. The van der Waals surface area contributed by atoms with Gasteiger partial charge in [0.2, 0.25) is 0 Å². The summed E-state index contributed by atoms with van der Waals surface area (Å²) in [5, 5.41) is 21.0. The smallest absolute Gasteiger partial charge is 0.326 e. The average Bonchev–Trinajstić information content (AvgIpc) is 3.61. The monoisotopic (exact) mass is 626 g/mol. The van der Waals surface area contributed by atoms with Crippen molar-refractivity contribution in [1.29, 1.82) is 0 Å². The Morgan fingerprint density at radius 1 is 1.09 bits per heavy atom. The fourth-order valence-electron chi connectivity index (χ4n) is 5.92. The van der Waals surface area contributed by atoms with Crippen molar-refractivity contribution in [1.82, 2.24) is 34.9 Å². The van der Waals surface area contributed by atoms with E-state index < -0.39 is 12.0 Å². The normalized spacial score (nSPS) is 17.9. The van der Waals surface area contributed by atoms with Crippen molar-refractivity contribution in [2.45, 2.75) is 71.3 Å². The van der Waals surface area contributed by atoms with Crippen LogP contribution in [-0.4, -0.2) is 79.5 Å². The van der Waals surface area contributed by atoms with E-state index in [1.54, 1.807) is 35.4 Å². The molecule has 0 amide bonds. The maximum atomic E-state index is 12.3. The molecule has 4 heterocycles. The van der Waals surface area contributed by atoms with Gasteiger partial charge in [0.05, 0.1) is 5.69 Å². The average molecular weight is 627 g/mol. The zero-order chi connectivity index (χ0) is 32.1. The molecule has 3 aromatic heterocycles. The number of pyridine rings is 1. The number of rotatable bonds is 16. The lowest BCUT2D eigenvalue weighted by atomic mass is 9.91. The molecule has 11 nitrogen and oxygen atoms in total. The van der Waals surface area contributed by atoms with E-state index in [4.69, 9.17) is 4.74 Å². The number of hydrogen-bond donors (Lipinski definition) is 3. The van der Waals surface area contributed by atoms with Gasteiger partial charge >= 0.3 is 5.97 Å². The van der Waals surface area contributed by atoms with E-state index in [9.17, 15) is 9.90 Å². The number of unbranched alkanes of at least 4 members (excludes halogenated alkanes) is 1. The second-order valence-corrected chi connectivity index (χ2v) is 11.9. The van der Waals surface area contributed by atoms with Crippen molar-refractivity contribution < 1.29 is 14.6 Å². The van der Waals surface area contributed by atoms with Gasteiger partial charge in [0.1, 0.15) is 30.5 Å². The molecule has 0 saturated carbocycles. The molecule has 11 heteroatoms. The maximum absolute atomic E-state index is 12.3. The van der Waals surface area contributed by atoms with Crippen LogP contribution in [0, 0.1) is 6.92 Å². The SMILES string of the molecule is C/C1=C(CCCCN(CCOc2cccnc2C)CC[C@H](Nc2cc(-n3cccn3)ncn2)C(=O)O)\C=C/C2=C(CC1)NCCC2. The zero-order valence-corrected chi connectivity index (χ0v) is 27.0. The Morgan fingerprint density at radius 2 is 2.00 bits per heavy atom. The summed E-state index contributed by atoms with van der Waals surface area (Å²) >= 11 is 0. The number of aromatic nitrogens is 5. The second kappa shape index (κ2) is 16.7. The second-order valence-electron chi connectivity index (χ2n) is 11.9. The Kier molecular flexibility index (Phi) is 11.9. The highest BCUT2D eigenvalue weighted by Crippen LogP contribution is 2.28. The molecule has 1 atom stereocenters. The summed E-state index contributed by atoms with van der Waals surface area (Å²) < 4.78 is 7.67. The number of nitrogens with one attached hydrogen (secondary N) is 2. The van der Waals surface area contributed by atoms with E-state index in [0.29, 0.717) is 37.8 Å². The number of carboxylic acids is 1. The molecule has 5 rings (SSSR count). The number of nitrogens with zero attached hydrogens (tertiary/aromatic N) is 6. The Bertz CT molecular complexity index is 1530. The lowest BCUT2D eigenvalue weighted by Crippen LogP contribution is -2.37. The number of ether oxygens (including phenoxy) is 1. The molecular weight excluding hydrogens is 580 g/mol. The largest absolute Gasteiger partial charge is 0.490 e. The van der Waals surface area contributed by atoms with Gasteiger partial charge < -0.3 is 20.5 Å². The minimum Gasteiger partial charge on any atom is -0.490 e. The fourth-order valence-corrected chi connectivity index (χ4v) is 5.92. The van der Waals surface area contributed by atoms with Gasteiger partial charge in [0, 0.05) is 50.0 Å². The van der Waals surface area contributed by atoms with E-state index in [0.717, 1.165) is 63.1 Å². The molecular formula is C35H46N8O3. The third-order valence-electron chi connectivity index (χ3n) is 8.67. The highest BCUT2D eigenvalue weighted by atomic mass is 16.5. The molecule has 0 radical (unpaired) electrons. The first-order chi connectivity index (χ1) is 22.5. The molecule has 3 aromatic rings. The molecule has 0 aromatic carbocycles. The van der Waals surface area contributed by atoms with E-state index in [1.165, 1.54) is 35.2 Å². The van der Waals surface area contributed by atoms with Crippen LogP contribution in [0.15, 0.2) is 83.8 Å². The summed E-state index contributed by atoms with van der Waals surface area (Å²) in [6, 6.07) is 6.49. The molecule has 0 bridgehead atoms. The summed E-state index contributed by atoms with van der Waals surface area (Å²) in [5.74, 6) is 0.853. The first-order valence-corrected chi connectivity index (χ1v) is 16.4. The van der Waals surface area contributed by atoms with Crippen molar-refractivity contribution in [3.8, 4) is 11.6 Å². The van der Waals surface area contributed by atoms with Crippen LogP contribution in [0.4, 0.5) is 5.82 Å². The Hall–Kier alpha value is -4.51. The highest BCUT2D eigenvalue weighted by molar-refractivity contribution is 5.76. The summed E-state index contributed by atoms with van der Waals surface area (Å²) in [5.41, 5.74) is 6.67. The van der Waals surface area contributed by atoms with Gasteiger partial charge in [-0.15, -0.1) is 0 Å². The van der Waals surface area contributed by atoms with Crippen molar-refractivity contribution in [2.24, 2.45) is 0 Å². The number of aliphatic carboxylic acids is 1. The number of carboxylic acid groups (broad SMARTS) is 1. The predicted molar refractivity (Wildman–Crippen MR) is 179 cm³/mol. The zero-order valence-electron chi connectivity index (χ0n) is 27.0. The third kappa shape index (κ3) is 9.50. The molecule has 46 heavy (non-hydrogen) atoms. The topological polar surface area (TPSA) is 130 Å². The molecule has 0 spiro atoms. The molecule has 1 aliphatic carbocycles. The van der Waals surface area contributed by atoms with Crippen LogP contribution in [0.25, 0.3) is 5.82 Å². The van der Waals surface area contributed by atoms with Gasteiger partial charge in [-0.1, -0.05) is 17.7 Å².